The molecule has 0 rings (SSSR count). The van der Waals surface area contributed by atoms with Crippen LogP contribution in [0.1, 0.15) is 27.2 Å². The highest BCUT2D eigenvalue weighted by Gasteiger charge is 2.09. The van der Waals surface area contributed by atoms with Crippen LogP contribution in [0.4, 0.5) is 0 Å². The number of aliphatic hydroxyl groups excluding tert-OH is 1. The maximum Gasteiger partial charge on any atom is 0.132 e. The Morgan fingerprint density at radius 1 is 1.56 bits per heavy atom. The normalized spacial score (nSPS) is 16.9. The van der Waals surface area contributed by atoms with E-state index in [1.165, 1.54) is 0 Å². The highest BCUT2D eigenvalue weighted by atomic mass is 16.3. The number of Topliss-reactive ketones (excluding diaryl/α,β-unsaturated/α-hetero) is 1. The molecule has 0 aromatic heterocycles. The molecule has 0 radical (unpaired) electrons. The second-order valence-corrected chi connectivity index (χ2v) is 2.60. The first-order valence-electron chi connectivity index (χ1n) is 3.22. The van der Waals surface area contributed by atoms with Crippen molar-refractivity contribution < 1.29 is 9.90 Å². The molecule has 0 aliphatic rings. The van der Waals surface area contributed by atoms with Gasteiger partial charge in [-0.05, 0) is 20.3 Å². The molecule has 0 aromatic rings. The Bertz CT molecular complexity index is 97.1. The summed E-state index contributed by atoms with van der Waals surface area (Å²) in [5.74, 6) is 0.154. The van der Waals surface area contributed by atoms with E-state index in [2.05, 4.69) is 0 Å². The van der Waals surface area contributed by atoms with Crippen molar-refractivity contribution in [2.24, 2.45) is 5.92 Å². The summed E-state index contributed by atoms with van der Waals surface area (Å²) < 4.78 is 0. The minimum Gasteiger partial charge on any atom is -0.393 e. The molecule has 1 N–H and O–H groups in total. The summed E-state index contributed by atoms with van der Waals surface area (Å²) in [6.07, 6.45) is 0.221. The predicted molar refractivity (Wildman–Crippen MR) is 36.1 cm³/mol. The summed E-state index contributed by atoms with van der Waals surface area (Å²) >= 11 is 0. The van der Waals surface area contributed by atoms with Crippen LogP contribution in [-0.4, -0.2) is 17.0 Å². The van der Waals surface area contributed by atoms with Gasteiger partial charge in [0.25, 0.3) is 0 Å². The van der Waals surface area contributed by atoms with E-state index in [0.29, 0.717) is 6.42 Å². The van der Waals surface area contributed by atoms with E-state index in [0.717, 1.165) is 0 Å². The van der Waals surface area contributed by atoms with Crippen LogP contribution in [-0.2, 0) is 4.79 Å². The molecule has 54 valence electrons. The average Bonchev–Trinajstić information content (AvgIpc) is 1.63. The van der Waals surface area contributed by atoms with Gasteiger partial charge in [0.2, 0.25) is 0 Å². The monoisotopic (exact) mass is 130 g/mol. The van der Waals surface area contributed by atoms with E-state index in [-0.39, 0.29) is 17.8 Å². The number of hydrogen-bond donors (Lipinski definition) is 1. The second-order valence-electron chi connectivity index (χ2n) is 2.60. The number of rotatable bonds is 3. The predicted octanol–water partition coefficient (Wildman–Crippen LogP) is 0.982. The van der Waals surface area contributed by atoms with Crippen molar-refractivity contribution >= 4 is 5.78 Å². The Kier molecular flexibility index (Phi) is 3.47. The first-order valence-corrected chi connectivity index (χ1v) is 3.22. The van der Waals surface area contributed by atoms with Crippen LogP contribution in [0.3, 0.4) is 0 Å². The number of aliphatic hydroxyl groups is 1. The minimum atomic E-state index is -0.358. The molecule has 0 aromatic carbocycles. The van der Waals surface area contributed by atoms with Crippen LogP contribution in [0.2, 0.25) is 0 Å². The molecular formula is C7H14O2. The number of hydrogen-bond acceptors (Lipinski definition) is 2. The number of ketones is 1. The maximum atomic E-state index is 10.6. The van der Waals surface area contributed by atoms with E-state index < -0.39 is 0 Å². The van der Waals surface area contributed by atoms with Crippen LogP contribution < -0.4 is 0 Å². The molecule has 0 saturated heterocycles. The summed E-state index contributed by atoms with van der Waals surface area (Å²) in [5, 5.41) is 8.82. The third-order valence-corrected chi connectivity index (χ3v) is 1.39. The summed E-state index contributed by atoms with van der Waals surface area (Å²) in [6, 6.07) is 0. The first kappa shape index (κ1) is 8.63. The van der Waals surface area contributed by atoms with Gasteiger partial charge in [0.15, 0.2) is 0 Å². The summed E-state index contributed by atoms with van der Waals surface area (Å²) in [4.78, 5) is 10.6. The minimum absolute atomic E-state index is 0.00463. The quantitative estimate of drug-likeness (QED) is 0.618. The highest BCUT2D eigenvalue weighted by Crippen LogP contribution is 2.05. The van der Waals surface area contributed by atoms with Crippen molar-refractivity contribution in [2.45, 2.75) is 33.3 Å². The SMILES string of the molecule is CC(=O)C(C)CC(C)O. The van der Waals surface area contributed by atoms with Crippen molar-refractivity contribution in [3.05, 3.63) is 0 Å². The third kappa shape index (κ3) is 4.15. The number of carbonyl (C=O) groups excluding carboxylic acids is 1. The highest BCUT2D eigenvalue weighted by molar-refractivity contribution is 5.77. The lowest BCUT2D eigenvalue weighted by atomic mass is 10.0. The molecule has 0 spiro atoms. The van der Waals surface area contributed by atoms with E-state index in [9.17, 15) is 4.79 Å². The molecular weight excluding hydrogens is 116 g/mol. The number of carbonyl (C=O) groups is 1. The fourth-order valence-electron chi connectivity index (χ4n) is 0.678. The average molecular weight is 130 g/mol. The van der Waals surface area contributed by atoms with Crippen LogP contribution in [0.25, 0.3) is 0 Å². The molecule has 9 heavy (non-hydrogen) atoms. The van der Waals surface area contributed by atoms with Crippen molar-refractivity contribution in [2.75, 3.05) is 0 Å². The van der Waals surface area contributed by atoms with Crippen molar-refractivity contribution in [3.63, 3.8) is 0 Å². The molecule has 2 nitrogen and oxygen atoms in total. The van der Waals surface area contributed by atoms with Gasteiger partial charge in [-0.2, -0.15) is 0 Å². The maximum absolute atomic E-state index is 10.6. The molecule has 0 bridgehead atoms. The van der Waals surface area contributed by atoms with E-state index in [4.69, 9.17) is 5.11 Å². The molecule has 0 aliphatic heterocycles. The molecule has 0 aliphatic carbocycles. The standard InChI is InChI=1S/C7H14O2/c1-5(7(3)9)4-6(2)8/h5-6,8H,4H2,1-3H3. The fourth-order valence-corrected chi connectivity index (χ4v) is 0.678. The molecule has 2 unspecified atom stereocenters. The van der Waals surface area contributed by atoms with E-state index >= 15 is 0 Å². The van der Waals surface area contributed by atoms with Gasteiger partial charge in [-0.25, -0.2) is 0 Å². The molecule has 2 atom stereocenters. The van der Waals surface area contributed by atoms with Crippen molar-refractivity contribution in [1.29, 1.82) is 0 Å². The second kappa shape index (κ2) is 3.62. The van der Waals surface area contributed by atoms with Gasteiger partial charge in [-0.15, -0.1) is 0 Å². The van der Waals surface area contributed by atoms with E-state index in [1.807, 2.05) is 6.92 Å². The van der Waals surface area contributed by atoms with Gasteiger partial charge in [-0.3, -0.25) is 4.79 Å². The van der Waals surface area contributed by atoms with Crippen LogP contribution in [0.5, 0.6) is 0 Å². The van der Waals surface area contributed by atoms with Gasteiger partial charge in [0.1, 0.15) is 5.78 Å². The zero-order valence-corrected chi connectivity index (χ0v) is 6.22. The largest absolute Gasteiger partial charge is 0.393 e. The Morgan fingerprint density at radius 2 is 2.00 bits per heavy atom. The Hall–Kier alpha value is -0.370. The van der Waals surface area contributed by atoms with Gasteiger partial charge in [0.05, 0.1) is 6.10 Å². The first-order chi connectivity index (χ1) is 4.04. The molecule has 2 heteroatoms. The lowest BCUT2D eigenvalue weighted by Crippen LogP contribution is -2.13. The summed E-state index contributed by atoms with van der Waals surface area (Å²) in [5.41, 5.74) is 0. The van der Waals surface area contributed by atoms with Crippen molar-refractivity contribution in [3.8, 4) is 0 Å². The van der Waals surface area contributed by atoms with Gasteiger partial charge in [-0.1, -0.05) is 6.92 Å². The molecule has 0 fully saturated rings. The van der Waals surface area contributed by atoms with Crippen LogP contribution in [0, 0.1) is 5.92 Å². The van der Waals surface area contributed by atoms with Gasteiger partial charge in [0, 0.05) is 5.92 Å². The van der Waals surface area contributed by atoms with E-state index in [1.54, 1.807) is 13.8 Å². The van der Waals surface area contributed by atoms with Crippen LogP contribution in [0.15, 0.2) is 0 Å². The molecule has 0 heterocycles. The molecule has 0 saturated carbocycles. The van der Waals surface area contributed by atoms with Crippen LogP contribution >= 0.6 is 0 Å². The van der Waals surface area contributed by atoms with Gasteiger partial charge < -0.3 is 5.11 Å². The Labute approximate surface area is 55.9 Å². The zero-order chi connectivity index (χ0) is 7.44. The topological polar surface area (TPSA) is 37.3 Å². The lowest BCUT2D eigenvalue weighted by molar-refractivity contribution is -0.121. The van der Waals surface area contributed by atoms with Gasteiger partial charge >= 0.3 is 0 Å². The Balaban J connectivity index is 3.50. The third-order valence-electron chi connectivity index (χ3n) is 1.39. The zero-order valence-electron chi connectivity index (χ0n) is 6.22. The fraction of sp³-hybridized carbons (Fsp3) is 0.857. The van der Waals surface area contributed by atoms with Crippen molar-refractivity contribution in [1.82, 2.24) is 0 Å². The summed E-state index contributed by atoms with van der Waals surface area (Å²) in [6.45, 7) is 5.07. The molecule has 0 amide bonds. The lowest BCUT2D eigenvalue weighted by Gasteiger charge is -2.08. The Morgan fingerprint density at radius 3 is 2.11 bits per heavy atom. The summed E-state index contributed by atoms with van der Waals surface area (Å²) in [7, 11) is 0. The smallest absolute Gasteiger partial charge is 0.132 e.